The lowest BCUT2D eigenvalue weighted by Gasteiger charge is -2.38. The van der Waals surface area contributed by atoms with Gasteiger partial charge in [0.05, 0.1) is 19.2 Å². The summed E-state index contributed by atoms with van der Waals surface area (Å²) < 4.78 is 46.3. The van der Waals surface area contributed by atoms with E-state index in [1.165, 1.54) is 4.90 Å². The maximum absolute atomic E-state index is 12.6. The van der Waals surface area contributed by atoms with Crippen LogP contribution in [0.15, 0.2) is 30.3 Å². The first-order valence-electron chi connectivity index (χ1n) is 6.07. The van der Waals surface area contributed by atoms with Gasteiger partial charge in [-0.05, 0) is 5.56 Å². The third-order valence-corrected chi connectivity index (χ3v) is 2.81. The molecule has 0 aliphatic carbocycles. The number of carbonyl (C=O) groups is 1. The normalized spacial score (nSPS) is 15.8. The molecule has 0 spiro atoms. The average molecular weight is 289 g/mol. The van der Waals surface area contributed by atoms with Crippen LogP contribution in [0.3, 0.4) is 0 Å². The standard InChI is InChI=1S/C13H14F3NO3/c14-9-13(15,16)20-11-6-17(7-11)12(18)19-8-10-4-2-1-3-5-10/h1-5,11H,6-9H2. The fourth-order valence-corrected chi connectivity index (χ4v) is 1.75. The van der Waals surface area contributed by atoms with E-state index in [0.717, 1.165) is 5.56 Å². The lowest BCUT2D eigenvalue weighted by atomic mass is 10.2. The number of hydrogen-bond acceptors (Lipinski definition) is 3. The predicted molar refractivity (Wildman–Crippen MR) is 64.0 cm³/mol. The molecule has 20 heavy (non-hydrogen) atoms. The van der Waals surface area contributed by atoms with E-state index in [2.05, 4.69) is 4.74 Å². The second-order valence-electron chi connectivity index (χ2n) is 4.46. The van der Waals surface area contributed by atoms with Crippen molar-refractivity contribution in [3.63, 3.8) is 0 Å². The maximum Gasteiger partial charge on any atom is 0.410 e. The van der Waals surface area contributed by atoms with Gasteiger partial charge in [0.25, 0.3) is 0 Å². The molecule has 1 fully saturated rings. The molecule has 0 N–H and O–H groups in total. The van der Waals surface area contributed by atoms with Crippen molar-refractivity contribution in [3.8, 4) is 0 Å². The Hall–Kier alpha value is -1.76. The van der Waals surface area contributed by atoms with Crippen molar-refractivity contribution in [1.29, 1.82) is 0 Å². The molecule has 0 radical (unpaired) electrons. The van der Waals surface area contributed by atoms with Gasteiger partial charge in [0.1, 0.15) is 6.61 Å². The summed E-state index contributed by atoms with van der Waals surface area (Å²) in [6.07, 6.45) is -5.24. The molecule has 2 rings (SSSR count). The zero-order chi connectivity index (χ0) is 14.6. The first-order chi connectivity index (χ1) is 9.50. The summed E-state index contributed by atoms with van der Waals surface area (Å²) in [6, 6.07) is 9.08. The molecule has 1 saturated heterocycles. The van der Waals surface area contributed by atoms with Crippen molar-refractivity contribution in [1.82, 2.24) is 4.90 Å². The fraction of sp³-hybridized carbons (Fsp3) is 0.462. The van der Waals surface area contributed by atoms with Gasteiger partial charge in [0, 0.05) is 0 Å². The minimum atomic E-state index is -3.79. The van der Waals surface area contributed by atoms with Crippen LogP contribution < -0.4 is 0 Å². The molecule has 1 aliphatic heterocycles. The smallest absolute Gasteiger partial charge is 0.410 e. The quantitative estimate of drug-likeness (QED) is 0.836. The number of ether oxygens (including phenoxy) is 2. The highest BCUT2D eigenvalue weighted by atomic mass is 19.3. The molecule has 1 aromatic rings. The number of alkyl halides is 3. The number of halogens is 3. The van der Waals surface area contributed by atoms with Crippen LogP contribution in [0.25, 0.3) is 0 Å². The van der Waals surface area contributed by atoms with Gasteiger partial charge < -0.3 is 14.4 Å². The molecule has 4 nitrogen and oxygen atoms in total. The zero-order valence-electron chi connectivity index (χ0n) is 10.6. The van der Waals surface area contributed by atoms with E-state index >= 15 is 0 Å². The SMILES string of the molecule is O=C(OCc1ccccc1)N1CC(OC(F)(F)CF)C1. The number of hydrogen-bond donors (Lipinski definition) is 0. The monoisotopic (exact) mass is 289 g/mol. The summed E-state index contributed by atoms with van der Waals surface area (Å²) in [5, 5.41) is 0. The van der Waals surface area contributed by atoms with Crippen LogP contribution in [0.2, 0.25) is 0 Å². The summed E-state index contributed by atoms with van der Waals surface area (Å²) in [6.45, 7) is -1.81. The van der Waals surface area contributed by atoms with Gasteiger partial charge in [0.2, 0.25) is 0 Å². The Kier molecular flexibility index (Phi) is 4.49. The fourth-order valence-electron chi connectivity index (χ4n) is 1.75. The molecule has 110 valence electrons. The number of carbonyl (C=O) groups excluding carboxylic acids is 1. The minimum absolute atomic E-state index is 0.0246. The van der Waals surface area contributed by atoms with Crippen LogP contribution in [0.5, 0.6) is 0 Å². The highest BCUT2D eigenvalue weighted by molar-refractivity contribution is 5.68. The number of amides is 1. The number of likely N-dealkylation sites (tertiary alicyclic amines) is 1. The zero-order valence-corrected chi connectivity index (χ0v) is 10.6. The molecule has 1 aliphatic rings. The van der Waals surface area contributed by atoms with Crippen LogP contribution in [-0.4, -0.2) is 43.0 Å². The third-order valence-electron chi connectivity index (χ3n) is 2.81. The maximum atomic E-state index is 12.6. The molecule has 7 heteroatoms. The first-order valence-corrected chi connectivity index (χ1v) is 6.07. The lowest BCUT2D eigenvalue weighted by Crippen LogP contribution is -2.56. The van der Waals surface area contributed by atoms with E-state index < -0.39 is 25.0 Å². The molecule has 0 unspecified atom stereocenters. The summed E-state index contributed by atoms with van der Waals surface area (Å²) in [7, 11) is 0. The third kappa shape index (κ3) is 3.86. The van der Waals surface area contributed by atoms with Crippen molar-refractivity contribution >= 4 is 6.09 Å². The van der Waals surface area contributed by atoms with Crippen LogP contribution in [0, 0.1) is 0 Å². The Bertz CT molecular complexity index is 449. The Labute approximate surface area is 114 Å². The van der Waals surface area contributed by atoms with E-state index in [0.29, 0.717) is 0 Å². The van der Waals surface area contributed by atoms with Crippen LogP contribution >= 0.6 is 0 Å². The van der Waals surface area contributed by atoms with E-state index in [-0.39, 0.29) is 19.7 Å². The molecule has 0 atom stereocenters. The summed E-state index contributed by atoms with van der Waals surface area (Å²) in [5.41, 5.74) is 0.832. The van der Waals surface area contributed by atoms with Crippen molar-refractivity contribution in [3.05, 3.63) is 35.9 Å². The Balaban J connectivity index is 1.69. The topological polar surface area (TPSA) is 38.8 Å². The largest absolute Gasteiger partial charge is 0.445 e. The van der Waals surface area contributed by atoms with E-state index in [1.54, 1.807) is 12.1 Å². The van der Waals surface area contributed by atoms with Crippen molar-refractivity contribution in [2.75, 3.05) is 19.8 Å². The van der Waals surface area contributed by atoms with E-state index in [4.69, 9.17) is 4.74 Å². The number of rotatable bonds is 5. The summed E-state index contributed by atoms with van der Waals surface area (Å²) in [4.78, 5) is 12.8. The Morgan fingerprint density at radius 3 is 2.55 bits per heavy atom. The van der Waals surface area contributed by atoms with Gasteiger partial charge in [-0.1, -0.05) is 30.3 Å². The van der Waals surface area contributed by atoms with Crippen molar-refractivity contribution in [2.45, 2.75) is 18.8 Å². The molecule has 1 amide bonds. The van der Waals surface area contributed by atoms with Gasteiger partial charge in [-0.2, -0.15) is 8.78 Å². The van der Waals surface area contributed by atoms with Gasteiger partial charge in [0.15, 0.2) is 6.67 Å². The molecule has 0 bridgehead atoms. The van der Waals surface area contributed by atoms with Crippen LogP contribution in [0.4, 0.5) is 18.0 Å². The first kappa shape index (κ1) is 14.6. The van der Waals surface area contributed by atoms with Gasteiger partial charge in [-0.15, -0.1) is 0 Å². The second-order valence-corrected chi connectivity index (χ2v) is 4.46. The molecule has 0 aromatic heterocycles. The summed E-state index contributed by atoms with van der Waals surface area (Å²) in [5.74, 6) is 0. The lowest BCUT2D eigenvalue weighted by molar-refractivity contribution is -0.284. The highest BCUT2D eigenvalue weighted by Gasteiger charge is 2.41. The Morgan fingerprint density at radius 2 is 1.95 bits per heavy atom. The summed E-state index contributed by atoms with van der Waals surface area (Å²) >= 11 is 0. The van der Waals surface area contributed by atoms with E-state index in [1.807, 2.05) is 18.2 Å². The second kappa shape index (κ2) is 6.13. The van der Waals surface area contributed by atoms with E-state index in [9.17, 15) is 18.0 Å². The number of nitrogens with zero attached hydrogens (tertiary/aromatic N) is 1. The van der Waals surface area contributed by atoms with Crippen LogP contribution in [-0.2, 0) is 16.1 Å². The Morgan fingerprint density at radius 1 is 1.30 bits per heavy atom. The van der Waals surface area contributed by atoms with Crippen molar-refractivity contribution in [2.24, 2.45) is 0 Å². The van der Waals surface area contributed by atoms with Crippen molar-refractivity contribution < 1.29 is 27.4 Å². The van der Waals surface area contributed by atoms with Crippen LogP contribution in [0.1, 0.15) is 5.56 Å². The van der Waals surface area contributed by atoms with Gasteiger partial charge >= 0.3 is 12.2 Å². The molecule has 0 saturated carbocycles. The minimum Gasteiger partial charge on any atom is -0.445 e. The molecular weight excluding hydrogens is 275 g/mol. The predicted octanol–water partition coefficient (Wildman–Crippen LogP) is 2.59. The highest BCUT2D eigenvalue weighted by Crippen LogP contribution is 2.23. The van der Waals surface area contributed by atoms with Gasteiger partial charge in [-0.3, -0.25) is 0 Å². The average Bonchev–Trinajstić information content (AvgIpc) is 2.41. The molecular formula is C13H14F3NO3. The molecule has 1 heterocycles. The van der Waals surface area contributed by atoms with Gasteiger partial charge in [-0.25, -0.2) is 9.18 Å². The number of benzene rings is 1. The molecule has 1 aromatic carbocycles.